The Hall–Kier alpha value is -2.34. The number of rotatable bonds is 1. The minimum atomic E-state index is -0.907. The Balaban J connectivity index is 2.31. The second-order valence-corrected chi connectivity index (χ2v) is 3.28. The molecule has 0 aliphatic carbocycles. The summed E-state index contributed by atoms with van der Waals surface area (Å²) in [6.45, 7) is 0. The molecule has 3 nitrogen and oxygen atoms in total. The van der Waals surface area contributed by atoms with Gasteiger partial charge in [-0.15, -0.1) is 0 Å². The van der Waals surface area contributed by atoms with Crippen molar-refractivity contribution in [2.24, 2.45) is 0 Å². The molecule has 0 spiro atoms. The van der Waals surface area contributed by atoms with Gasteiger partial charge in [0.05, 0.1) is 5.52 Å². The third-order valence-corrected chi connectivity index (χ3v) is 2.08. The standard InChI is InChI=1S/C13H9NO2/c15-13(16)5-1-3-10-6-7-12-11(9-10)4-2-8-14-12/h2,4,6-9H,5H2,(H,15,16). The van der Waals surface area contributed by atoms with Crippen molar-refractivity contribution in [1.29, 1.82) is 0 Å². The van der Waals surface area contributed by atoms with Crippen LogP contribution in [0.3, 0.4) is 0 Å². The van der Waals surface area contributed by atoms with E-state index in [0.717, 1.165) is 16.5 Å². The number of carboxylic acid groups (broad SMARTS) is 1. The molecule has 1 N–H and O–H groups in total. The third-order valence-electron chi connectivity index (χ3n) is 2.08. The average Bonchev–Trinajstić information content (AvgIpc) is 2.28. The molecule has 0 radical (unpaired) electrons. The lowest BCUT2D eigenvalue weighted by atomic mass is 10.1. The van der Waals surface area contributed by atoms with Gasteiger partial charge >= 0.3 is 5.97 Å². The van der Waals surface area contributed by atoms with Gasteiger partial charge in [-0.1, -0.05) is 17.9 Å². The van der Waals surface area contributed by atoms with E-state index in [1.165, 1.54) is 0 Å². The highest BCUT2D eigenvalue weighted by Gasteiger charge is 1.94. The molecule has 0 atom stereocenters. The van der Waals surface area contributed by atoms with Crippen molar-refractivity contribution in [2.45, 2.75) is 6.42 Å². The van der Waals surface area contributed by atoms with E-state index in [1.54, 1.807) is 6.20 Å². The van der Waals surface area contributed by atoms with Crippen LogP contribution >= 0.6 is 0 Å². The van der Waals surface area contributed by atoms with Gasteiger partial charge in [0.25, 0.3) is 0 Å². The maximum absolute atomic E-state index is 10.3. The van der Waals surface area contributed by atoms with Gasteiger partial charge in [-0.05, 0) is 24.3 Å². The average molecular weight is 211 g/mol. The van der Waals surface area contributed by atoms with Crippen LogP contribution < -0.4 is 0 Å². The summed E-state index contributed by atoms with van der Waals surface area (Å²) in [6, 6.07) is 9.42. The predicted molar refractivity (Wildman–Crippen MR) is 60.9 cm³/mol. The fourth-order valence-corrected chi connectivity index (χ4v) is 1.38. The highest BCUT2D eigenvalue weighted by Crippen LogP contribution is 2.12. The van der Waals surface area contributed by atoms with Crippen LogP contribution in [0.4, 0.5) is 0 Å². The molecule has 0 saturated heterocycles. The molecule has 2 aromatic rings. The maximum atomic E-state index is 10.3. The summed E-state index contributed by atoms with van der Waals surface area (Å²) in [5.74, 6) is 4.50. The Kier molecular flexibility index (Phi) is 2.84. The summed E-state index contributed by atoms with van der Waals surface area (Å²) in [5, 5.41) is 9.46. The summed E-state index contributed by atoms with van der Waals surface area (Å²) < 4.78 is 0. The quantitative estimate of drug-likeness (QED) is 0.734. The Morgan fingerprint density at radius 2 is 2.25 bits per heavy atom. The first kappa shape index (κ1) is 10.2. The molecule has 2 rings (SSSR count). The molecular formula is C13H9NO2. The van der Waals surface area contributed by atoms with Crippen molar-refractivity contribution in [3.05, 3.63) is 42.1 Å². The van der Waals surface area contributed by atoms with Crippen molar-refractivity contribution < 1.29 is 9.90 Å². The summed E-state index contributed by atoms with van der Waals surface area (Å²) in [6.07, 6.45) is 1.60. The maximum Gasteiger partial charge on any atom is 0.315 e. The van der Waals surface area contributed by atoms with Gasteiger partial charge in [-0.3, -0.25) is 9.78 Å². The largest absolute Gasteiger partial charge is 0.481 e. The minimum Gasteiger partial charge on any atom is -0.481 e. The van der Waals surface area contributed by atoms with E-state index in [-0.39, 0.29) is 6.42 Å². The number of carbonyl (C=O) groups is 1. The monoisotopic (exact) mass is 211 g/mol. The fourth-order valence-electron chi connectivity index (χ4n) is 1.38. The van der Waals surface area contributed by atoms with E-state index in [0.29, 0.717) is 0 Å². The van der Waals surface area contributed by atoms with Crippen LogP contribution in [0.5, 0.6) is 0 Å². The van der Waals surface area contributed by atoms with Crippen LogP contribution in [-0.2, 0) is 4.79 Å². The zero-order valence-corrected chi connectivity index (χ0v) is 8.47. The summed E-state index contributed by atoms with van der Waals surface area (Å²) in [4.78, 5) is 14.5. The lowest BCUT2D eigenvalue weighted by Gasteiger charge is -1.96. The van der Waals surface area contributed by atoms with Crippen LogP contribution in [0.15, 0.2) is 36.5 Å². The Labute approximate surface area is 92.7 Å². The SMILES string of the molecule is O=C(O)CC#Cc1ccc2ncccc2c1. The van der Waals surface area contributed by atoms with E-state index >= 15 is 0 Å². The van der Waals surface area contributed by atoms with Crippen LogP contribution in [0.1, 0.15) is 12.0 Å². The van der Waals surface area contributed by atoms with Gasteiger partial charge in [0, 0.05) is 17.1 Å². The van der Waals surface area contributed by atoms with E-state index < -0.39 is 5.97 Å². The summed E-state index contributed by atoms with van der Waals surface area (Å²) in [5.41, 5.74) is 1.72. The van der Waals surface area contributed by atoms with E-state index in [1.807, 2.05) is 30.3 Å². The van der Waals surface area contributed by atoms with E-state index in [9.17, 15) is 4.79 Å². The van der Waals surface area contributed by atoms with Gasteiger partial charge in [-0.2, -0.15) is 0 Å². The highest BCUT2D eigenvalue weighted by atomic mass is 16.4. The number of aromatic nitrogens is 1. The van der Waals surface area contributed by atoms with Gasteiger partial charge in [0.1, 0.15) is 6.42 Å². The first-order valence-electron chi connectivity index (χ1n) is 4.81. The predicted octanol–water partition coefficient (Wildman–Crippen LogP) is 2.06. The second-order valence-electron chi connectivity index (χ2n) is 3.28. The molecule has 0 unspecified atom stereocenters. The first-order chi connectivity index (χ1) is 7.75. The van der Waals surface area contributed by atoms with Crippen LogP contribution in [0.25, 0.3) is 10.9 Å². The molecule has 1 aromatic carbocycles. The molecule has 0 amide bonds. The Morgan fingerprint density at radius 1 is 1.38 bits per heavy atom. The lowest BCUT2D eigenvalue weighted by molar-refractivity contribution is -0.135. The fraction of sp³-hybridized carbons (Fsp3) is 0.0769. The third kappa shape index (κ3) is 2.37. The molecule has 0 aliphatic heterocycles. The number of pyridine rings is 1. The highest BCUT2D eigenvalue weighted by molar-refractivity contribution is 5.80. The van der Waals surface area contributed by atoms with E-state index in [4.69, 9.17) is 5.11 Å². The molecule has 0 aliphatic rings. The van der Waals surface area contributed by atoms with Gasteiger partial charge in [0.15, 0.2) is 0 Å². The first-order valence-corrected chi connectivity index (χ1v) is 4.81. The van der Waals surface area contributed by atoms with Crippen LogP contribution in [0, 0.1) is 11.8 Å². The van der Waals surface area contributed by atoms with Gasteiger partial charge in [0.2, 0.25) is 0 Å². The van der Waals surface area contributed by atoms with Crippen molar-refractivity contribution in [3.8, 4) is 11.8 Å². The molecule has 16 heavy (non-hydrogen) atoms. The van der Waals surface area contributed by atoms with Gasteiger partial charge < -0.3 is 5.11 Å². The molecule has 0 saturated carbocycles. The number of carboxylic acids is 1. The Morgan fingerprint density at radius 3 is 3.06 bits per heavy atom. The lowest BCUT2D eigenvalue weighted by Crippen LogP contribution is -1.90. The smallest absolute Gasteiger partial charge is 0.315 e. The molecule has 0 bridgehead atoms. The number of nitrogens with zero attached hydrogens (tertiary/aromatic N) is 1. The Bertz CT molecular complexity index is 593. The number of hydrogen-bond acceptors (Lipinski definition) is 2. The summed E-state index contributed by atoms with van der Waals surface area (Å²) >= 11 is 0. The van der Waals surface area contributed by atoms with Crippen molar-refractivity contribution in [3.63, 3.8) is 0 Å². The number of aliphatic carboxylic acids is 1. The molecule has 78 valence electrons. The van der Waals surface area contributed by atoms with Crippen LogP contribution in [0.2, 0.25) is 0 Å². The van der Waals surface area contributed by atoms with Crippen molar-refractivity contribution in [1.82, 2.24) is 4.98 Å². The molecular weight excluding hydrogens is 202 g/mol. The molecule has 1 heterocycles. The normalized spacial score (nSPS) is 9.50. The van der Waals surface area contributed by atoms with Crippen LogP contribution in [-0.4, -0.2) is 16.1 Å². The second kappa shape index (κ2) is 4.45. The number of hydrogen-bond donors (Lipinski definition) is 1. The zero-order valence-electron chi connectivity index (χ0n) is 8.47. The summed E-state index contributed by atoms with van der Waals surface area (Å²) in [7, 11) is 0. The van der Waals surface area contributed by atoms with E-state index in [2.05, 4.69) is 16.8 Å². The van der Waals surface area contributed by atoms with Crippen molar-refractivity contribution in [2.75, 3.05) is 0 Å². The number of fused-ring (bicyclic) bond motifs is 1. The topological polar surface area (TPSA) is 50.2 Å². The molecule has 0 fully saturated rings. The van der Waals surface area contributed by atoms with Crippen molar-refractivity contribution >= 4 is 16.9 Å². The molecule has 3 heteroatoms. The number of benzene rings is 1. The van der Waals surface area contributed by atoms with Gasteiger partial charge in [-0.25, -0.2) is 0 Å². The minimum absolute atomic E-state index is 0.134. The molecule has 1 aromatic heterocycles. The zero-order chi connectivity index (χ0) is 11.4.